The molecule has 0 aliphatic heterocycles. The Bertz CT molecular complexity index is 1060. The first kappa shape index (κ1) is 23.1. The van der Waals surface area contributed by atoms with Crippen LogP contribution in [0.25, 0.3) is 10.6 Å². The maximum Gasteiger partial charge on any atom is 0.257 e. The summed E-state index contributed by atoms with van der Waals surface area (Å²) in [5.74, 6) is 2.25. The standard InChI is InChI=1S/C22H25N3O6S/c1-6-30-15-9-8-13(10-16(15)31-7-2)20(26)23-22-25-24-21(32-22)14-11-17(27-3)19(29-5)18(12-14)28-4/h8-12H,6-7H2,1-5H3,(H,23,25,26). The fourth-order valence-electron chi connectivity index (χ4n) is 2.96. The highest BCUT2D eigenvalue weighted by Crippen LogP contribution is 2.42. The van der Waals surface area contributed by atoms with E-state index in [-0.39, 0.29) is 5.91 Å². The molecule has 0 unspecified atom stereocenters. The molecule has 1 aromatic heterocycles. The molecule has 0 atom stereocenters. The summed E-state index contributed by atoms with van der Waals surface area (Å²) >= 11 is 1.22. The van der Waals surface area contributed by atoms with Crippen LogP contribution in [0.3, 0.4) is 0 Å². The molecule has 0 bridgehead atoms. The van der Waals surface area contributed by atoms with E-state index in [9.17, 15) is 4.79 Å². The Morgan fingerprint density at radius 1 is 0.875 bits per heavy atom. The van der Waals surface area contributed by atoms with Crippen molar-refractivity contribution in [1.29, 1.82) is 0 Å². The number of carbonyl (C=O) groups is 1. The van der Waals surface area contributed by atoms with Gasteiger partial charge in [-0.25, -0.2) is 0 Å². The Hall–Kier alpha value is -3.53. The van der Waals surface area contributed by atoms with Gasteiger partial charge < -0.3 is 23.7 Å². The Labute approximate surface area is 190 Å². The molecular formula is C22H25N3O6S. The molecule has 32 heavy (non-hydrogen) atoms. The molecule has 2 aromatic carbocycles. The van der Waals surface area contributed by atoms with Crippen molar-refractivity contribution in [3.8, 4) is 39.3 Å². The molecular weight excluding hydrogens is 434 g/mol. The van der Waals surface area contributed by atoms with Crippen molar-refractivity contribution in [3.05, 3.63) is 35.9 Å². The van der Waals surface area contributed by atoms with Crippen LogP contribution in [0.2, 0.25) is 0 Å². The second-order valence-electron chi connectivity index (χ2n) is 6.31. The summed E-state index contributed by atoms with van der Waals surface area (Å²) in [4.78, 5) is 12.7. The number of anilines is 1. The molecule has 0 aliphatic carbocycles. The highest BCUT2D eigenvalue weighted by molar-refractivity contribution is 7.18. The number of ether oxygens (including phenoxy) is 5. The number of methoxy groups -OCH3 is 3. The third kappa shape index (κ3) is 5.02. The molecule has 170 valence electrons. The van der Waals surface area contributed by atoms with Gasteiger partial charge in [-0.2, -0.15) is 0 Å². The first-order valence-electron chi connectivity index (χ1n) is 9.89. The van der Waals surface area contributed by atoms with Gasteiger partial charge in [0.05, 0.1) is 34.5 Å². The van der Waals surface area contributed by atoms with Crippen molar-refractivity contribution >= 4 is 22.4 Å². The number of carbonyl (C=O) groups excluding carboxylic acids is 1. The van der Waals surface area contributed by atoms with Crippen molar-refractivity contribution in [2.24, 2.45) is 0 Å². The van der Waals surface area contributed by atoms with Crippen LogP contribution in [0.15, 0.2) is 30.3 Å². The smallest absolute Gasteiger partial charge is 0.257 e. The Balaban J connectivity index is 1.82. The molecule has 1 heterocycles. The highest BCUT2D eigenvalue weighted by Gasteiger charge is 2.18. The molecule has 1 N–H and O–H groups in total. The number of amides is 1. The van der Waals surface area contributed by atoms with Crippen molar-refractivity contribution in [1.82, 2.24) is 10.2 Å². The van der Waals surface area contributed by atoms with Crippen LogP contribution in [-0.2, 0) is 0 Å². The summed E-state index contributed by atoms with van der Waals surface area (Å²) in [6.45, 7) is 4.71. The molecule has 9 nitrogen and oxygen atoms in total. The molecule has 0 spiro atoms. The van der Waals surface area contributed by atoms with Gasteiger partial charge in [0.15, 0.2) is 23.0 Å². The minimum absolute atomic E-state index is 0.332. The first-order chi connectivity index (χ1) is 15.5. The summed E-state index contributed by atoms with van der Waals surface area (Å²) in [6.07, 6.45) is 0. The number of rotatable bonds is 10. The van der Waals surface area contributed by atoms with Crippen LogP contribution < -0.4 is 29.0 Å². The number of hydrogen-bond acceptors (Lipinski definition) is 9. The lowest BCUT2D eigenvalue weighted by Crippen LogP contribution is -2.12. The third-order valence-corrected chi connectivity index (χ3v) is 5.25. The van der Waals surface area contributed by atoms with E-state index in [1.165, 1.54) is 18.4 Å². The van der Waals surface area contributed by atoms with Gasteiger partial charge in [-0.3, -0.25) is 10.1 Å². The van der Waals surface area contributed by atoms with Gasteiger partial charge in [0.1, 0.15) is 5.01 Å². The largest absolute Gasteiger partial charge is 0.493 e. The van der Waals surface area contributed by atoms with Gasteiger partial charge in [0.25, 0.3) is 5.91 Å². The normalized spacial score (nSPS) is 10.4. The van der Waals surface area contributed by atoms with E-state index in [1.807, 2.05) is 13.8 Å². The average molecular weight is 460 g/mol. The summed E-state index contributed by atoms with van der Waals surface area (Å²) in [5.41, 5.74) is 1.14. The zero-order valence-electron chi connectivity index (χ0n) is 18.6. The lowest BCUT2D eigenvalue weighted by Gasteiger charge is -2.13. The fraction of sp³-hybridized carbons (Fsp3) is 0.318. The van der Waals surface area contributed by atoms with Gasteiger partial charge in [-0.1, -0.05) is 11.3 Å². The number of hydrogen-bond donors (Lipinski definition) is 1. The molecule has 3 aromatic rings. The van der Waals surface area contributed by atoms with E-state index >= 15 is 0 Å². The van der Waals surface area contributed by atoms with Crippen LogP contribution >= 0.6 is 11.3 Å². The Morgan fingerprint density at radius 3 is 2.12 bits per heavy atom. The maximum absolute atomic E-state index is 12.7. The minimum atomic E-state index is -0.332. The minimum Gasteiger partial charge on any atom is -0.493 e. The molecule has 0 radical (unpaired) electrons. The van der Waals surface area contributed by atoms with E-state index in [2.05, 4.69) is 15.5 Å². The molecule has 0 saturated heterocycles. The van der Waals surface area contributed by atoms with Crippen molar-refractivity contribution < 1.29 is 28.5 Å². The van der Waals surface area contributed by atoms with Gasteiger partial charge >= 0.3 is 0 Å². The van der Waals surface area contributed by atoms with Crippen LogP contribution in [-0.4, -0.2) is 50.6 Å². The van der Waals surface area contributed by atoms with E-state index in [0.29, 0.717) is 57.7 Å². The van der Waals surface area contributed by atoms with Gasteiger partial charge in [0.2, 0.25) is 10.9 Å². The lowest BCUT2D eigenvalue weighted by molar-refractivity contribution is 0.102. The van der Waals surface area contributed by atoms with E-state index < -0.39 is 0 Å². The van der Waals surface area contributed by atoms with E-state index in [1.54, 1.807) is 44.6 Å². The second-order valence-corrected chi connectivity index (χ2v) is 7.29. The van der Waals surface area contributed by atoms with Gasteiger partial charge in [0, 0.05) is 11.1 Å². The lowest BCUT2D eigenvalue weighted by atomic mass is 10.2. The zero-order valence-corrected chi connectivity index (χ0v) is 19.4. The summed E-state index contributed by atoms with van der Waals surface area (Å²) < 4.78 is 27.3. The van der Waals surface area contributed by atoms with Crippen LogP contribution in [0, 0.1) is 0 Å². The zero-order chi connectivity index (χ0) is 23.1. The third-order valence-electron chi connectivity index (χ3n) is 4.36. The maximum atomic E-state index is 12.7. The predicted octanol–water partition coefficient (Wildman–Crippen LogP) is 4.28. The van der Waals surface area contributed by atoms with E-state index in [4.69, 9.17) is 23.7 Å². The second kappa shape index (κ2) is 10.7. The molecule has 3 rings (SSSR count). The quantitative estimate of drug-likeness (QED) is 0.479. The summed E-state index contributed by atoms with van der Waals surface area (Å²) in [6, 6.07) is 8.57. The average Bonchev–Trinajstić information content (AvgIpc) is 3.27. The molecule has 0 aliphatic rings. The number of nitrogens with one attached hydrogen (secondary N) is 1. The van der Waals surface area contributed by atoms with Gasteiger partial charge in [-0.15, -0.1) is 10.2 Å². The van der Waals surface area contributed by atoms with Crippen LogP contribution in [0.1, 0.15) is 24.2 Å². The molecule has 10 heteroatoms. The van der Waals surface area contributed by atoms with Crippen LogP contribution in [0.4, 0.5) is 5.13 Å². The van der Waals surface area contributed by atoms with Crippen molar-refractivity contribution in [2.45, 2.75) is 13.8 Å². The predicted molar refractivity (Wildman–Crippen MR) is 122 cm³/mol. The number of nitrogens with zero attached hydrogens (tertiary/aromatic N) is 2. The highest BCUT2D eigenvalue weighted by atomic mass is 32.1. The van der Waals surface area contributed by atoms with Crippen molar-refractivity contribution in [3.63, 3.8) is 0 Å². The topological polar surface area (TPSA) is 101 Å². The molecule has 0 saturated carbocycles. The van der Waals surface area contributed by atoms with Crippen molar-refractivity contribution in [2.75, 3.05) is 39.9 Å². The molecule has 0 fully saturated rings. The Morgan fingerprint density at radius 2 is 1.53 bits per heavy atom. The fourth-order valence-corrected chi connectivity index (χ4v) is 3.68. The SMILES string of the molecule is CCOc1ccc(C(=O)Nc2nnc(-c3cc(OC)c(OC)c(OC)c3)s2)cc1OCC. The summed E-state index contributed by atoms with van der Waals surface area (Å²) in [5, 5.41) is 12.0. The number of aromatic nitrogens is 2. The Kier molecular flexibility index (Phi) is 7.72. The first-order valence-corrected chi connectivity index (χ1v) is 10.7. The monoisotopic (exact) mass is 459 g/mol. The van der Waals surface area contributed by atoms with E-state index in [0.717, 1.165) is 5.56 Å². The molecule has 1 amide bonds. The summed E-state index contributed by atoms with van der Waals surface area (Å²) in [7, 11) is 4.62. The number of benzene rings is 2. The van der Waals surface area contributed by atoms with Gasteiger partial charge in [-0.05, 0) is 44.2 Å². The van der Waals surface area contributed by atoms with Crippen LogP contribution in [0.5, 0.6) is 28.7 Å².